The first kappa shape index (κ1) is 14.2. The van der Waals surface area contributed by atoms with E-state index in [0.717, 1.165) is 25.9 Å². The van der Waals surface area contributed by atoms with Crippen LogP contribution in [0.25, 0.3) is 0 Å². The molecule has 0 aliphatic heterocycles. The van der Waals surface area contributed by atoms with Crippen molar-refractivity contribution in [2.75, 3.05) is 13.1 Å². The van der Waals surface area contributed by atoms with Gasteiger partial charge in [-0.05, 0) is 70.3 Å². The first-order valence-electron chi connectivity index (χ1n) is 6.46. The van der Waals surface area contributed by atoms with Crippen molar-refractivity contribution in [1.82, 2.24) is 5.32 Å². The molecule has 1 aromatic carbocycles. The van der Waals surface area contributed by atoms with Gasteiger partial charge < -0.3 is 11.1 Å². The molecule has 0 unspecified atom stereocenters. The second-order valence-electron chi connectivity index (χ2n) is 5.52. The summed E-state index contributed by atoms with van der Waals surface area (Å²) in [6, 6.07) is 6.71. The summed E-state index contributed by atoms with van der Waals surface area (Å²) in [5, 5.41) is 3.56. The van der Waals surface area contributed by atoms with Crippen LogP contribution in [-0.4, -0.2) is 18.6 Å². The summed E-state index contributed by atoms with van der Waals surface area (Å²) in [4.78, 5) is 0. The van der Waals surface area contributed by atoms with E-state index in [1.165, 1.54) is 16.7 Å². The molecule has 0 aromatic heterocycles. The van der Waals surface area contributed by atoms with E-state index in [9.17, 15) is 0 Å². The maximum Gasteiger partial charge on any atom is 0.0137 e. The van der Waals surface area contributed by atoms with Gasteiger partial charge in [-0.1, -0.05) is 18.2 Å². The van der Waals surface area contributed by atoms with E-state index in [2.05, 4.69) is 51.2 Å². The highest BCUT2D eigenvalue weighted by Gasteiger charge is 2.14. The Morgan fingerprint density at radius 2 is 1.88 bits per heavy atom. The Balaban J connectivity index is 2.43. The van der Waals surface area contributed by atoms with Crippen molar-refractivity contribution in [3.05, 3.63) is 34.9 Å². The summed E-state index contributed by atoms with van der Waals surface area (Å²) in [6.45, 7) is 10.5. The lowest BCUT2D eigenvalue weighted by Crippen LogP contribution is -2.42. The van der Waals surface area contributed by atoms with Crippen LogP contribution in [0.15, 0.2) is 18.2 Å². The zero-order valence-corrected chi connectivity index (χ0v) is 11.6. The van der Waals surface area contributed by atoms with E-state index >= 15 is 0 Å². The Hall–Kier alpha value is -0.860. The van der Waals surface area contributed by atoms with Gasteiger partial charge in [0.15, 0.2) is 0 Å². The van der Waals surface area contributed by atoms with Gasteiger partial charge in [0, 0.05) is 5.54 Å². The summed E-state index contributed by atoms with van der Waals surface area (Å²) in [7, 11) is 0. The molecule has 0 aliphatic carbocycles. The number of nitrogens with one attached hydrogen (secondary N) is 1. The van der Waals surface area contributed by atoms with Crippen LogP contribution in [-0.2, 0) is 6.42 Å². The Labute approximate surface area is 106 Å². The van der Waals surface area contributed by atoms with Crippen molar-refractivity contribution >= 4 is 0 Å². The van der Waals surface area contributed by atoms with E-state index in [1.807, 2.05) is 0 Å². The number of nitrogens with two attached hydrogens (primary N) is 1. The average molecular weight is 234 g/mol. The van der Waals surface area contributed by atoms with Crippen molar-refractivity contribution in [1.29, 1.82) is 0 Å². The molecule has 17 heavy (non-hydrogen) atoms. The third-order valence-electron chi connectivity index (χ3n) is 3.36. The minimum absolute atomic E-state index is 0.147. The largest absolute Gasteiger partial charge is 0.330 e. The van der Waals surface area contributed by atoms with Crippen molar-refractivity contribution in [2.24, 2.45) is 5.73 Å². The minimum Gasteiger partial charge on any atom is -0.330 e. The van der Waals surface area contributed by atoms with Crippen molar-refractivity contribution in [3.63, 3.8) is 0 Å². The quantitative estimate of drug-likeness (QED) is 0.794. The molecule has 0 atom stereocenters. The molecule has 1 rings (SSSR count). The molecule has 0 fully saturated rings. The van der Waals surface area contributed by atoms with Crippen LogP contribution >= 0.6 is 0 Å². The standard InChI is InChI=1S/C15H26N2/c1-12-5-6-14(11-13(12)2)7-10-17-15(3,4)8-9-16/h5-6,11,17H,7-10,16H2,1-4H3. The van der Waals surface area contributed by atoms with E-state index in [-0.39, 0.29) is 5.54 Å². The lowest BCUT2D eigenvalue weighted by molar-refractivity contribution is 0.370. The van der Waals surface area contributed by atoms with Gasteiger partial charge in [0.1, 0.15) is 0 Å². The monoisotopic (exact) mass is 234 g/mol. The van der Waals surface area contributed by atoms with Crippen LogP contribution in [0, 0.1) is 13.8 Å². The maximum absolute atomic E-state index is 5.59. The number of aryl methyl sites for hydroxylation is 2. The molecule has 0 radical (unpaired) electrons. The van der Waals surface area contributed by atoms with Crippen LogP contribution in [0.3, 0.4) is 0 Å². The molecular weight excluding hydrogens is 208 g/mol. The molecule has 3 N–H and O–H groups in total. The van der Waals surface area contributed by atoms with E-state index in [4.69, 9.17) is 5.73 Å². The molecule has 0 amide bonds. The summed E-state index contributed by atoms with van der Waals surface area (Å²) < 4.78 is 0. The molecule has 0 spiro atoms. The van der Waals surface area contributed by atoms with Crippen LogP contribution in [0.5, 0.6) is 0 Å². The molecule has 0 heterocycles. The molecule has 2 heteroatoms. The van der Waals surface area contributed by atoms with E-state index in [0.29, 0.717) is 0 Å². The lowest BCUT2D eigenvalue weighted by Gasteiger charge is -2.25. The Bertz CT molecular complexity index is 356. The predicted octanol–water partition coefficient (Wildman–Crippen LogP) is 2.56. The first-order valence-corrected chi connectivity index (χ1v) is 6.46. The molecule has 0 saturated carbocycles. The van der Waals surface area contributed by atoms with Gasteiger partial charge in [-0.15, -0.1) is 0 Å². The van der Waals surface area contributed by atoms with Crippen LogP contribution in [0.2, 0.25) is 0 Å². The third-order valence-corrected chi connectivity index (χ3v) is 3.36. The normalized spacial score (nSPS) is 11.8. The number of hydrogen-bond acceptors (Lipinski definition) is 2. The van der Waals surface area contributed by atoms with Crippen LogP contribution < -0.4 is 11.1 Å². The Morgan fingerprint density at radius 3 is 2.47 bits per heavy atom. The topological polar surface area (TPSA) is 38.0 Å². The van der Waals surface area contributed by atoms with Crippen molar-refractivity contribution in [3.8, 4) is 0 Å². The molecule has 1 aromatic rings. The van der Waals surface area contributed by atoms with E-state index in [1.54, 1.807) is 0 Å². The van der Waals surface area contributed by atoms with Gasteiger partial charge >= 0.3 is 0 Å². The summed E-state index contributed by atoms with van der Waals surface area (Å²) in [5.74, 6) is 0. The highest BCUT2D eigenvalue weighted by Crippen LogP contribution is 2.11. The van der Waals surface area contributed by atoms with Crippen molar-refractivity contribution in [2.45, 2.75) is 46.1 Å². The fraction of sp³-hybridized carbons (Fsp3) is 0.600. The predicted molar refractivity (Wildman–Crippen MR) is 75.4 cm³/mol. The molecule has 2 nitrogen and oxygen atoms in total. The lowest BCUT2D eigenvalue weighted by atomic mass is 10.00. The second kappa shape index (κ2) is 6.18. The van der Waals surface area contributed by atoms with Crippen molar-refractivity contribution < 1.29 is 0 Å². The van der Waals surface area contributed by atoms with Gasteiger partial charge in [0.05, 0.1) is 0 Å². The van der Waals surface area contributed by atoms with Gasteiger partial charge in [0.2, 0.25) is 0 Å². The highest BCUT2D eigenvalue weighted by atomic mass is 14.9. The minimum atomic E-state index is 0.147. The zero-order valence-electron chi connectivity index (χ0n) is 11.6. The fourth-order valence-electron chi connectivity index (χ4n) is 1.95. The number of benzene rings is 1. The average Bonchev–Trinajstić information content (AvgIpc) is 2.23. The fourth-order valence-corrected chi connectivity index (χ4v) is 1.95. The highest BCUT2D eigenvalue weighted by molar-refractivity contribution is 5.30. The Morgan fingerprint density at radius 1 is 1.18 bits per heavy atom. The smallest absolute Gasteiger partial charge is 0.0137 e. The molecular formula is C15H26N2. The van der Waals surface area contributed by atoms with Crippen LogP contribution in [0.4, 0.5) is 0 Å². The molecule has 0 aliphatic rings. The SMILES string of the molecule is Cc1ccc(CCNC(C)(C)CCN)cc1C. The number of hydrogen-bond donors (Lipinski definition) is 2. The van der Waals surface area contributed by atoms with Gasteiger partial charge in [-0.3, -0.25) is 0 Å². The summed E-state index contributed by atoms with van der Waals surface area (Å²) >= 11 is 0. The second-order valence-corrected chi connectivity index (χ2v) is 5.52. The summed E-state index contributed by atoms with van der Waals surface area (Å²) in [6.07, 6.45) is 2.09. The molecule has 0 bridgehead atoms. The van der Waals surface area contributed by atoms with E-state index < -0.39 is 0 Å². The third kappa shape index (κ3) is 4.88. The zero-order chi connectivity index (χ0) is 12.9. The number of rotatable bonds is 6. The Kier molecular flexibility index (Phi) is 5.16. The van der Waals surface area contributed by atoms with Crippen LogP contribution in [0.1, 0.15) is 37.0 Å². The maximum atomic E-state index is 5.59. The molecule has 96 valence electrons. The molecule has 0 saturated heterocycles. The first-order chi connectivity index (χ1) is 7.94. The summed E-state index contributed by atoms with van der Waals surface area (Å²) in [5.41, 5.74) is 9.89. The van der Waals surface area contributed by atoms with Gasteiger partial charge in [-0.2, -0.15) is 0 Å². The van der Waals surface area contributed by atoms with Gasteiger partial charge in [0.25, 0.3) is 0 Å². The van der Waals surface area contributed by atoms with Gasteiger partial charge in [-0.25, -0.2) is 0 Å².